The van der Waals surface area contributed by atoms with Crippen molar-refractivity contribution >= 4 is 23.4 Å². The van der Waals surface area contributed by atoms with Crippen LogP contribution in [-0.2, 0) is 17.6 Å². The molecule has 6 nitrogen and oxygen atoms in total. The zero-order chi connectivity index (χ0) is 23.1. The smallest absolute Gasteiger partial charge is 0.259 e. The predicted molar refractivity (Wildman–Crippen MR) is 120 cm³/mol. The van der Waals surface area contributed by atoms with E-state index >= 15 is 0 Å². The van der Waals surface area contributed by atoms with E-state index in [1.54, 1.807) is 36.5 Å². The average Bonchev–Trinajstić information content (AvgIpc) is 3.44. The van der Waals surface area contributed by atoms with Crippen LogP contribution in [0.3, 0.4) is 0 Å². The third kappa shape index (κ3) is 3.72. The lowest BCUT2D eigenvalue weighted by Crippen LogP contribution is -2.43. The fourth-order valence-electron chi connectivity index (χ4n) is 4.87. The second kappa shape index (κ2) is 8.48. The minimum Gasteiger partial charge on any atom is -0.492 e. The molecule has 1 aliphatic heterocycles. The van der Waals surface area contributed by atoms with E-state index in [9.17, 15) is 14.0 Å². The molecule has 2 heterocycles. The first-order valence-corrected chi connectivity index (χ1v) is 11.1. The number of para-hydroxylation sites is 1. The molecule has 0 bridgehead atoms. The highest BCUT2D eigenvalue weighted by Crippen LogP contribution is 2.44. The Morgan fingerprint density at radius 3 is 2.82 bits per heavy atom. The Bertz CT molecular complexity index is 1250. The Labute approximate surface area is 195 Å². The maximum absolute atomic E-state index is 14.7. The Kier molecular flexibility index (Phi) is 5.50. The molecule has 8 heteroatoms. The maximum atomic E-state index is 14.7. The number of pyridine rings is 1. The van der Waals surface area contributed by atoms with E-state index in [-0.39, 0.29) is 5.02 Å². The van der Waals surface area contributed by atoms with Gasteiger partial charge in [0.1, 0.15) is 17.6 Å². The monoisotopic (exact) mass is 465 g/mol. The van der Waals surface area contributed by atoms with Crippen molar-refractivity contribution < 1.29 is 18.7 Å². The quantitative estimate of drug-likeness (QED) is 0.613. The number of hydrogen-bond acceptors (Lipinski definition) is 4. The summed E-state index contributed by atoms with van der Waals surface area (Å²) in [5.74, 6) is -1.04. The lowest BCUT2D eigenvalue weighted by Gasteiger charge is -2.36. The van der Waals surface area contributed by atoms with E-state index in [2.05, 4.69) is 4.98 Å². The molecule has 0 saturated carbocycles. The number of amides is 2. The molecule has 1 unspecified atom stereocenters. The molecule has 0 saturated heterocycles. The molecule has 33 heavy (non-hydrogen) atoms. The summed E-state index contributed by atoms with van der Waals surface area (Å²) in [6.07, 6.45) is 4.63. The molecule has 1 aromatic heterocycles. The van der Waals surface area contributed by atoms with Gasteiger partial charge in [-0.3, -0.25) is 14.6 Å². The molecule has 0 spiro atoms. The van der Waals surface area contributed by atoms with Crippen molar-refractivity contribution in [1.29, 1.82) is 0 Å². The summed E-state index contributed by atoms with van der Waals surface area (Å²) in [7, 11) is 0. The summed E-state index contributed by atoms with van der Waals surface area (Å²) in [5, 5.41) is 0.228. The number of ether oxygens (including phenoxy) is 1. The van der Waals surface area contributed by atoms with Crippen molar-refractivity contribution in [2.45, 2.75) is 31.3 Å². The summed E-state index contributed by atoms with van der Waals surface area (Å²) in [5.41, 5.74) is 8.67. The number of halogens is 2. The van der Waals surface area contributed by atoms with Crippen LogP contribution in [0.15, 0.2) is 54.9 Å². The third-order valence-electron chi connectivity index (χ3n) is 6.28. The number of benzene rings is 2. The van der Waals surface area contributed by atoms with Crippen LogP contribution in [0.4, 0.5) is 4.39 Å². The molecule has 0 radical (unpaired) electrons. The number of primary amides is 1. The van der Waals surface area contributed by atoms with Crippen LogP contribution in [0, 0.1) is 5.82 Å². The Hall–Kier alpha value is -3.45. The van der Waals surface area contributed by atoms with Crippen molar-refractivity contribution in [2.24, 2.45) is 5.73 Å². The number of aromatic nitrogens is 1. The Morgan fingerprint density at radius 2 is 2.06 bits per heavy atom. The molecule has 3 aromatic rings. The van der Waals surface area contributed by atoms with E-state index in [0.29, 0.717) is 53.9 Å². The lowest BCUT2D eigenvalue weighted by atomic mass is 9.98. The number of nitrogens with two attached hydrogens (primary N) is 1. The number of nitrogens with zero attached hydrogens (tertiary/aromatic N) is 2. The summed E-state index contributed by atoms with van der Waals surface area (Å²) >= 11 is 6.17. The molecule has 2 atom stereocenters. The van der Waals surface area contributed by atoms with Crippen LogP contribution in [-0.4, -0.2) is 28.3 Å². The number of carbonyl (C=O) groups is 2. The van der Waals surface area contributed by atoms with E-state index < -0.39 is 29.7 Å². The zero-order valence-corrected chi connectivity index (χ0v) is 18.4. The number of carbonyl (C=O) groups excluding carboxylic acids is 2. The fourth-order valence-corrected chi connectivity index (χ4v) is 5.08. The van der Waals surface area contributed by atoms with Crippen LogP contribution in [0.2, 0.25) is 5.02 Å². The van der Waals surface area contributed by atoms with Crippen molar-refractivity contribution in [3.05, 3.63) is 93.5 Å². The van der Waals surface area contributed by atoms with Crippen molar-refractivity contribution in [1.82, 2.24) is 9.88 Å². The van der Waals surface area contributed by atoms with Gasteiger partial charge in [-0.25, -0.2) is 4.39 Å². The third-order valence-corrected chi connectivity index (χ3v) is 6.50. The van der Waals surface area contributed by atoms with Gasteiger partial charge >= 0.3 is 0 Å². The van der Waals surface area contributed by atoms with Crippen LogP contribution in [0.1, 0.15) is 51.1 Å². The molecule has 5 rings (SSSR count). The fraction of sp³-hybridized carbons (Fsp3) is 0.240. The summed E-state index contributed by atoms with van der Waals surface area (Å²) in [4.78, 5) is 32.4. The highest BCUT2D eigenvalue weighted by Gasteiger charge is 2.41. The van der Waals surface area contributed by atoms with Gasteiger partial charge in [0.15, 0.2) is 0 Å². The molecule has 1 aliphatic carbocycles. The first-order valence-electron chi connectivity index (χ1n) is 10.7. The number of rotatable bonds is 5. The van der Waals surface area contributed by atoms with Crippen LogP contribution in [0.5, 0.6) is 5.75 Å². The van der Waals surface area contributed by atoms with Gasteiger partial charge in [-0.05, 0) is 53.8 Å². The lowest BCUT2D eigenvalue weighted by molar-refractivity contribution is -0.123. The molecule has 2 amide bonds. The van der Waals surface area contributed by atoms with E-state index in [1.807, 2.05) is 6.07 Å². The summed E-state index contributed by atoms with van der Waals surface area (Å²) in [6, 6.07) is 9.97. The van der Waals surface area contributed by atoms with Crippen LogP contribution in [0.25, 0.3) is 0 Å². The SMILES string of the molecule is NC(=O)C(c1cccnc1)N(C(=O)c1cccc2c1OCC2)[C@@H]1CCc2c(F)cc(Cl)cc21. The maximum Gasteiger partial charge on any atom is 0.259 e. The number of hydrogen-bond donors (Lipinski definition) is 1. The highest BCUT2D eigenvalue weighted by molar-refractivity contribution is 6.30. The topological polar surface area (TPSA) is 85.5 Å². The minimum absolute atomic E-state index is 0.228. The number of fused-ring (bicyclic) bond motifs is 2. The normalized spacial score (nSPS) is 17.1. The molecule has 2 aliphatic rings. The van der Waals surface area contributed by atoms with Gasteiger partial charge in [-0.2, -0.15) is 0 Å². The van der Waals surface area contributed by atoms with E-state index in [1.165, 1.54) is 17.2 Å². The predicted octanol–water partition coefficient (Wildman–Crippen LogP) is 4.17. The van der Waals surface area contributed by atoms with Crippen molar-refractivity contribution in [3.63, 3.8) is 0 Å². The zero-order valence-electron chi connectivity index (χ0n) is 17.6. The summed E-state index contributed by atoms with van der Waals surface area (Å²) in [6.45, 7) is 0.481. The van der Waals surface area contributed by atoms with Crippen molar-refractivity contribution in [2.75, 3.05) is 6.61 Å². The Morgan fingerprint density at radius 1 is 1.21 bits per heavy atom. The molecular weight excluding hydrogens is 445 g/mol. The minimum atomic E-state index is -1.11. The van der Waals surface area contributed by atoms with E-state index in [4.69, 9.17) is 22.1 Å². The van der Waals surface area contributed by atoms with Crippen LogP contribution >= 0.6 is 11.6 Å². The standard InChI is InChI=1S/C25H21ClFN3O3/c26-16-11-19-17(20(27)12-16)6-7-21(19)30(22(24(28)31)15-4-2-9-29-13-15)25(32)18-5-1-3-14-8-10-33-23(14)18/h1-5,9,11-13,21-22H,6-8,10H2,(H2,28,31)/t21-,22?/m1/s1. The average molecular weight is 466 g/mol. The molecule has 0 fully saturated rings. The second-order valence-electron chi connectivity index (χ2n) is 8.21. The second-order valence-corrected chi connectivity index (χ2v) is 8.64. The van der Waals surface area contributed by atoms with Gasteiger partial charge in [0.05, 0.1) is 18.2 Å². The van der Waals surface area contributed by atoms with Gasteiger partial charge in [0.25, 0.3) is 5.91 Å². The van der Waals surface area contributed by atoms with E-state index in [0.717, 1.165) is 5.56 Å². The Balaban J connectivity index is 1.68. The first kappa shape index (κ1) is 21.4. The van der Waals surface area contributed by atoms with Gasteiger partial charge in [0.2, 0.25) is 5.91 Å². The molecule has 2 N–H and O–H groups in total. The largest absolute Gasteiger partial charge is 0.492 e. The van der Waals surface area contributed by atoms with Crippen LogP contribution < -0.4 is 10.5 Å². The van der Waals surface area contributed by atoms with Crippen molar-refractivity contribution in [3.8, 4) is 5.75 Å². The van der Waals surface area contributed by atoms with Gasteiger partial charge in [-0.1, -0.05) is 29.8 Å². The highest BCUT2D eigenvalue weighted by atomic mass is 35.5. The molecular formula is C25H21ClFN3O3. The van der Waals surface area contributed by atoms with Gasteiger partial charge < -0.3 is 15.4 Å². The summed E-state index contributed by atoms with van der Waals surface area (Å²) < 4.78 is 20.4. The van der Waals surface area contributed by atoms with Gasteiger partial charge in [0, 0.05) is 29.4 Å². The molecule has 168 valence electrons. The molecule has 2 aromatic carbocycles. The first-order chi connectivity index (χ1) is 16.0. The van der Waals surface area contributed by atoms with Gasteiger partial charge in [-0.15, -0.1) is 0 Å².